The first kappa shape index (κ1) is 15.9. The molecule has 1 aromatic rings. The molecule has 0 amide bonds. The van der Waals surface area contributed by atoms with Gasteiger partial charge in [-0.05, 0) is 48.1 Å². The molecule has 0 atom stereocenters. The van der Waals surface area contributed by atoms with Crippen molar-refractivity contribution in [2.24, 2.45) is 0 Å². The van der Waals surface area contributed by atoms with E-state index in [1.54, 1.807) is 6.07 Å². The third-order valence-corrected chi connectivity index (χ3v) is 3.68. The van der Waals surface area contributed by atoms with E-state index >= 15 is 0 Å². The van der Waals surface area contributed by atoms with Gasteiger partial charge < -0.3 is 10.2 Å². The molecule has 0 saturated carbocycles. The Kier molecular flexibility index (Phi) is 6.80. The molecule has 106 valence electrons. The van der Waals surface area contributed by atoms with Crippen molar-refractivity contribution in [2.45, 2.75) is 20.3 Å². The fourth-order valence-corrected chi connectivity index (χ4v) is 2.33. The number of hydrogen-bond acceptors (Lipinski definition) is 4. The standard InChI is InChI=1S/C13H20BrN3O2/c1-3-16(4-2)9-5-8-15-13-7-6-11(17(18)19)10-12(13)14/h6-7,10,15H,3-5,8-9H2,1-2H3. The Morgan fingerprint density at radius 1 is 1.37 bits per heavy atom. The number of anilines is 1. The SMILES string of the molecule is CCN(CC)CCCNc1ccc([N+](=O)[O-])cc1Br. The van der Waals surface area contributed by atoms with Crippen LogP contribution in [0.5, 0.6) is 0 Å². The summed E-state index contributed by atoms with van der Waals surface area (Å²) in [6, 6.07) is 4.77. The van der Waals surface area contributed by atoms with E-state index in [-0.39, 0.29) is 5.69 Å². The number of benzene rings is 1. The van der Waals surface area contributed by atoms with Gasteiger partial charge in [0.05, 0.1) is 4.92 Å². The highest BCUT2D eigenvalue weighted by molar-refractivity contribution is 9.10. The molecule has 1 N–H and O–H groups in total. The summed E-state index contributed by atoms with van der Waals surface area (Å²) in [5.41, 5.74) is 0.991. The highest BCUT2D eigenvalue weighted by Crippen LogP contribution is 2.26. The van der Waals surface area contributed by atoms with Crippen LogP contribution in [0.4, 0.5) is 11.4 Å². The summed E-state index contributed by atoms with van der Waals surface area (Å²) in [6.07, 6.45) is 1.05. The van der Waals surface area contributed by atoms with Gasteiger partial charge in [0.25, 0.3) is 5.69 Å². The average molecular weight is 330 g/mol. The van der Waals surface area contributed by atoms with E-state index in [2.05, 4.69) is 40.0 Å². The maximum absolute atomic E-state index is 10.6. The number of nitro benzene ring substituents is 1. The zero-order valence-electron chi connectivity index (χ0n) is 11.4. The quantitative estimate of drug-likeness (QED) is 0.450. The zero-order valence-corrected chi connectivity index (χ0v) is 12.9. The molecular weight excluding hydrogens is 310 g/mol. The first-order valence-corrected chi connectivity index (χ1v) is 7.28. The molecule has 0 aliphatic carbocycles. The summed E-state index contributed by atoms with van der Waals surface area (Å²) in [4.78, 5) is 12.6. The van der Waals surface area contributed by atoms with Crippen molar-refractivity contribution in [3.8, 4) is 0 Å². The predicted octanol–water partition coefficient (Wildman–Crippen LogP) is 3.50. The maximum atomic E-state index is 10.6. The summed E-state index contributed by atoms with van der Waals surface area (Å²) in [6.45, 7) is 8.36. The van der Waals surface area contributed by atoms with Crippen LogP contribution in [-0.2, 0) is 0 Å². The Morgan fingerprint density at radius 2 is 2.05 bits per heavy atom. The number of non-ortho nitro benzene ring substituents is 1. The Bertz CT molecular complexity index is 422. The Balaban J connectivity index is 2.43. The molecule has 0 aromatic heterocycles. The lowest BCUT2D eigenvalue weighted by molar-refractivity contribution is -0.384. The minimum Gasteiger partial charge on any atom is -0.384 e. The van der Waals surface area contributed by atoms with Crippen molar-refractivity contribution in [1.29, 1.82) is 0 Å². The van der Waals surface area contributed by atoms with Crippen molar-refractivity contribution < 1.29 is 4.92 Å². The fraction of sp³-hybridized carbons (Fsp3) is 0.538. The third-order valence-electron chi connectivity index (χ3n) is 3.02. The molecule has 6 heteroatoms. The molecule has 19 heavy (non-hydrogen) atoms. The van der Waals surface area contributed by atoms with Crippen LogP contribution < -0.4 is 5.32 Å². The van der Waals surface area contributed by atoms with E-state index < -0.39 is 4.92 Å². The molecule has 0 fully saturated rings. The van der Waals surface area contributed by atoms with Crippen molar-refractivity contribution in [1.82, 2.24) is 4.90 Å². The molecule has 0 radical (unpaired) electrons. The van der Waals surface area contributed by atoms with Crippen LogP contribution in [0.3, 0.4) is 0 Å². The molecular formula is C13H20BrN3O2. The monoisotopic (exact) mass is 329 g/mol. The molecule has 1 aromatic carbocycles. The first-order valence-electron chi connectivity index (χ1n) is 6.48. The summed E-state index contributed by atoms with van der Waals surface area (Å²) in [5, 5.41) is 13.9. The average Bonchev–Trinajstić information content (AvgIpc) is 2.40. The molecule has 5 nitrogen and oxygen atoms in total. The van der Waals surface area contributed by atoms with Crippen molar-refractivity contribution >= 4 is 27.3 Å². The van der Waals surface area contributed by atoms with Crippen LogP contribution in [0.2, 0.25) is 0 Å². The van der Waals surface area contributed by atoms with E-state index in [9.17, 15) is 10.1 Å². The second kappa shape index (κ2) is 8.12. The van der Waals surface area contributed by atoms with Crippen molar-refractivity contribution in [3.63, 3.8) is 0 Å². The van der Waals surface area contributed by atoms with Gasteiger partial charge in [0.2, 0.25) is 0 Å². The molecule has 0 heterocycles. The van der Waals surface area contributed by atoms with Gasteiger partial charge >= 0.3 is 0 Å². The molecule has 1 rings (SSSR count). The largest absolute Gasteiger partial charge is 0.384 e. The molecule has 0 bridgehead atoms. The highest BCUT2D eigenvalue weighted by atomic mass is 79.9. The molecule has 0 aliphatic rings. The number of nitro groups is 1. The summed E-state index contributed by atoms with van der Waals surface area (Å²) in [7, 11) is 0. The van der Waals surface area contributed by atoms with E-state index in [1.807, 2.05) is 0 Å². The Labute approximate surface area is 122 Å². The summed E-state index contributed by atoms with van der Waals surface area (Å²) in [5.74, 6) is 0. The van der Waals surface area contributed by atoms with Gasteiger partial charge in [0, 0.05) is 28.8 Å². The minimum atomic E-state index is -0.394. The van der Waals surface area contributed by atoms with Crippen LogP contribution in [0, 0.1) is 10.1 Å². The summed E-state index contributed by atoms with van der Waals surface area (Å²) >= 11 is 3.35. The van der Waals surface area contributed by atoms with Crippen LogP contribution in [-0.4, -0.2) is 36.0 Å². The van der Waals surface area contributed by atoms with Gasteiger partial charge in [-0.3, -0.25) is 10.1 Å². The number of nitrogens with zero attached hydrogens (tertiary/aromatic N) is 2. The highest BCUT2D eigenvalue weighted by Gasteiger charge is 2.08. The fourth-order valence-electron chi connectivity index (χ4n) is 1.83. The summed E-state index contributed by atoms with van der Waals surface area (Å²) < 4.78 is 0.726. The zero-order chi connectivity index (χ0) is 14.3. The maximum Gasteiger partial charge on any atom is 0.270 e. The second-order valence-corrected chi connectivity index (χ2v) is 5.08. The lowest BCUT2D eigenvalue weighted by atomic mass is 10.2. The normalized spacial score (nSPS) is 10.7. The third kappa shape index (κ3) is 5.16. The van der Waals surface area contributed by atoms with Crippen LogP contribution in [0.1, 0.15) is 20.3 Å². The minimum absolute atomic E-state index is 0.0977. The van der Waals surface area contributed by atoms with Gasteiger partial charge in [-0.2, -0.15) is 0 Å². The van der Waals surface area contributed by atoms with Gasteiger partial charge in [-0.25, -0.2) is 0 Å². The van der Waals surface area contributed by atoms with Crippen LogP contribution >= 0.6 is 15.9 Å². The predicted molar refractivity (Wildman–Crippen MR) is 81.7 cm³/mol. The first-order chi connectivity index (χ1) is 9.08. The van der Waals surface area contributed by atoms with Gasteiger partial charge in [0.15, 0.2) is 0 Å². The van der Waals surface area contributed by atoms with Crippen LogP contribution in [0.15, 0.2) is 22.7 Å². The van der Waals surface area contributed by atoms with Crippen molar-refractivity contribution in [3.05, 3.63) is 32.8 Å². The van der Waals surface area contributed by atoms with Crippen LogP contribution in [0.25, 0.3) is 0 Å². The number of halogens is 1. The molecule has 0 aliphatic heterocycles. The number of hydrogen-bond donors (Lipinski definition) is 1. The second-order valence-electron chi connectivity index (χ2n) is 4.23. The van der Waals surface area contributed by atoms with Gasteiger partial charge in [-0.15, -0.1) is 0 Å². The van der Waals surface area contributed by atoms with E-state index in [1.165, 1.54) is 12.1 Å². The smallest absolute Gasteiger partial charge is 0.270 e. The van der Waals surface area contributed by atoms with Gasteiger partial charge in [-0.1, -0.05) is 13.8 Å². The molecule has 0 unspecified atom stereocenters. The van der Waals surface area contributed by atoms with Crippen molar-refractivity contribution in [2.75, 3.05) is 31.5 Å². The Hall–Kier alpha value is -1.14. The molecule has 0 saturated heterocycles. The topological polar surface area (TPSA) is 58.4 Å². The lowest BCUT2D eigenvalue weighted by Gasteiger charge is -2.18. The van der Waals surface area contributed by atoms with Gasteiger partial charge in [0.1, 0.15) is 0 Å². The van der Waals surface area contributed by atoms with E-state index in [0.717, 1.165) is 42.8 Å². The number of nitrogens with one attached hydrogen (secondary N) is 1. The van der Waals surface area contributed by atoms with E-state index in [4.69, 9.17) is 0 Å². The number of rotatable bonds is 8. The Morgan fingerprint density at radius 3 is 2.58 bits per heavy atom. The van der Waals surface area contributed by atoms with E-state index in [0.29, 0.717) is 0 Å². The lowest BCUT2D eigenvalue weighted by Crippen LogP contribution is -2.25. The molecule has 0 spiro atoms.